The number of benzene rings is 2. The number of carbonyl (C=O) groups is 1. The van der Waals surface area contributed by atoms with Crippen molar-refractivity contribution in [1.82, 2.24) is 19.3 Å². The van der Waals surface area contributed by atoms with E-state index in [4.69, 9.17) is 4.74 Å². The molecule has 4 aromatic rings. The van der Waals surface area contributed by atoms with E-state index in [-0.39, 0.29) is 31.1 Å². The van der Waals surface area contributed by atoms with Gasteiger partial charge in [-0.15, -0.1) is 0 Å². The van der Waals surface area contributed by atoms with E-state index in [1.807, 2.05) is 0 Å². The SMILES string of the molecule is O=C1c2ncn3c(NCc4c(F)ccc5c4CCO5)ncc(c23)-c2ccc(F)cc2CN1CCF. The molecule has 2 aliphatic heterocycles. The van der Waals surface area contributed by atoms with Crippen molar-refractivity contribution < 1.29 is 22.7 Å². The van der Waals surface area contributed by atoms with Crippen molar-refractivity contribution >= 4 is 17.4 Å². The Hall–Kier alpha value is -4.08. The van der Waals surface area contributed by atoms with Gasteiger partial charge in [0.1, 0.15) is 30.4 Å². The number of alkyl halides is 1. The molecule has 10 heteroatoms. The first-order valence-electron chi connectivity index (χ1n) is 11.2. The highest BCUT2D eigenvalue weighted by Crippen LogP contribution is 2.35. The third-order valence-corrected chi connectivity index (χ3v) is 6.49. The molecular weight excluding hydrogens is 459 g/mol. The normalized spacial score (nSPS) is 14.4. The summed E-state index contributed by atoms with van der Waals surface area (Å²) in [5.74, 6) is -0.223. The fraction of sp³-hybridized carbons (Fsp3) is 0.240. The Morgan fingerprint density at radius 3 is 2.86 bits per heavy atom. The van der Waals surface area contributed by atoms with Crippen molar-refractivity contribution in [2.75, 3.05) is 25.1 Å². The van der Waals surface area contributed by atoms with E-state index >= 15 is 0 Å². The highest BCUT2D eigenvalue weighted by Gasteiger charge is 2.29. The van der Waals surface area contributed by atoms with Gasteiger partial charge in [-0.3, -0.25) is 9.20 Å². The zero-order valence-electron chi connectivity index (χ0n) is 18.5. The molecule has 0 unspecified atom stereocenters. The Balaban J connectivity index is 1.46. The van der Waals surface area contributed by atoms with Crippen molar-refractivity contribution in [3.8, 4) is 16.9 Å². The van der Waals surface area contributed by atoms with Crippen molar-refractivity contribution in [2.24, 2.45) is 0 Å². The molecule has 0 aliphatic carbocycles. The van der Waals surface area contributed by atoms with Crippen LogP contribution in [0.4, 0.5) is 19.1 Å². The first kappa shape index (κ1) is 21.5. The molecule has 0 atom stereocenters. The van der Waals surface area contributed by atoms with Gasteiger partial charge in [0.05, 0.1) is 12.1 Å². The lowest BCUT2D eigenvalue weighted by Gasteiger charge is -2.25. The summed E-state index contributed by atoms with van der Waals surface area (Å²) in [6, 6.07) is 7.31. The van der Waals surface area contributed by atoms with E-state index in [1.165, 1.54) is 29.4 Å². The summed E-state index contributed by atoms with van der Waals surface area (Å²) in [7, 11) is 0. The van der Waals surface area contributed by atoms with Gasteiger partial charge in [0.25, 0.3) is 5.91 Å². The summed E-state index contributed by atoms with van der Waals surface area (Å²) < 4.78 is 49.1. The largest absolute Gasteiger partial charge is 0.493 e. The number of hydrogen-bond acceptors (Lipinski definition) is 5. The van der Waals surface area contributed by atoms with Crippen LogP contribution in [0.25, 0.3) is 16.6 Å². The number of nitrogens with zero attached hydrogens (tertiary/aromatic N) is 4. The van der Waals surface area contributed by atoms with Gasteiger partial charge >= 0.3 is 0 Å². The number of fused-ring (bicyclic) bond motifs is 3. The van der Waals surface area contributed by atoms with Crippen LogP contribution < -0.4 is 10.1 Å². The number of rotatable bonds is 5. The summed E-state index contributed by atoms with van der Waals surface area (Å²) in [5.41, 5.74) is 3.75. The van der Waals surface area contributed by atoms with Gasteiger partial charge in [-0.05, 0) is 35.4 Å². The van der Waals surface area contributed by atoms with Crippen LogP contribution >= 0.6 is 0 Å². The number of hydrogen-bond donors (Lipinski definition) is 1. The molecule has 2 aromatic carbocycles. The maximum Gasteiger partial charge on any atom is 0.275 e. The molecule has 0 fully saturated rings. The number of nitrogens with one attached hydrogen (secondary N) is 1. The minimum absolute atomic E-state index is 0.0504. The van der Waals surface area contributed by atoms with E-state index in [0.717, 1.165) is 5.56 Å². The summed E-state index contributed by atoms with van der Waals surface area (Å²) in [4.78, 5) is 23.4. The third-order valence-electron chi connectivity index (χ3n) is 6.49. The highest BCUT2D eigenvalue weighted by molar-refractivity contribution is 6.04. The zero-order valence-corrected chi connectivity index (χ0v) is 18.5. The topological polar surface area (TPSA) is 71.8 Å². The first-order valence-corrected chi connectivity index (χ1v) is 11.2. The minimum atomic E-state index is -0.736. The molecule has 1 N–H and O–H groups in total. The van der Waals surface area contributed by atoms with Gasteiger partial charge in [0.2, 0.25) is 5.95 Å². The van der Waals surface area contributed by atoms with Crippen LogP contribution in [0.3, 0.4) is 0 Å². The van der Waals surface area contributed by atoms with Gasteiger partial charge in [-0.25, -0.2) is 23.1 Å². The second-order valence-corrected chi connectivity index (χ2v) is 8.48. The van der Waals surface area contributed by atoms with E-state index < -0.39 is 18.4 Å². The molecule has 35 heavy (non-hydrogen) atoms. The van der Waals surface area contributed by atoms with Gasteiger partial charge in [0, 0.05) is 48.9 Å². The molecule has 2 aromatic heterocycles. The van der Waals surface area contributed by atoms with Crippen LogP contribution in [0.15, 0.2) is 42.9 Å². The Morgan fingerprint density at radius 2 is 2.00 bits per heavy atom. The van der Waals surface area contributed by atoms with Crippen molar-refractivity contribution in [1.29, 1.82) is 0 Å². The number of aromatic nitrogens is 3. The standard InChI is InChI=1S/C25H20F3N5O2/c26-6-7-32-12-14-9-15(27)1-2-16(14)19-11-30-25(33-13-31-22(23(19)33)24(32)34)29-10-18-17-5-8-35-21(17)4-3-20(18)28/h1-4,9,11,13H,5-8,10,12H2,(H,29,30). The van der Waals surface area contributed by atoms with Gasteiger partial charge in [0.15, 0.2) is 5.69 Å². The fourth-order valence-corrected chi connectivity index (χ4v) is 4.84. The Kier molecular flexibility index (Phi) is 5.09. The molecule has 0 spiro atoms. The molecule has 4 heterocycles. The maximum atomic E-state index is 14.6. The monoisotopic (exact) mass is 479 g/mol. The Morgan fingerprint density at radius 1 is 1.11 bits per heavy atom. The second kappa shape index (κ2) is 8.30. The molecule has 1 amide bonds. The third kappa shape index (κ3) is 3.48. The summed E-state index contributed by atoms with van der Waals surface area (Å²) in [6.45, 7) is -0.170. The van der Waals surface area contributed by atoms with Crippen LogP contribution in [0.2, 0.25) is 0 Å². The molecule has 7 nitrogen and oxygen atoms in total. The summed E-state index contributed by atoms with van der Waals surface area (Å²) >= 11 is 0. The number of halogens is 3. The number of imidazole rings is 1. The van der Waals surface area contributed by atoms with E-state index in [1.54, 1.807) is 22.7 Å². The van der Waals surface area contributed by atoms with Crippen LogP contribution in [0.5, 0.6) is 5.75 Å². The minimum Gasteiger partial charge on any atom is -0.493 e. The molecule has 2 aliphatic rings. The zero-order chi connectivity index (χ0) is 24.1. The average Bonchev–Trinajstić information content (AvgIpc) is 3.50. The van der Waals surface area contributed by atoms with Crippen molar-refractivity contribution in [2.45, 2.75) is 19.5 Å². The Labute approximate surface area is 198 Å². The predicted octanol–water partition coefficient (Wildman–Crippen LogP) is 4.15. The van der Waals surface area contributed by atoms with Crippen molar-refractivity contribution in [3.05, 3.63) is 76.9 Å². The summed E-state index contributed by atoms with van der Waals surface area (Å²) in [5, 5.41) is 3.15. The lowest BCUT2D eigenvalue weighted by molar-refractivity contribution is 0.0728. The fourth-order valence-electron chi connectivity index (χ4n) is 4.84. The highest BCUT2D eigenvalue weighted by atomic mass is 19.1. The number of anilines is 1. The van der Waals surface area contributed by atoms with E-state index in [2.05, 4.69) is 15.3 Å². The average molecular weight is 479 g/mol. The number of carbonyl (C=O) groups excluding carboxylic acids is 1. The number of amides is 1. The molecule has 0 saturated carbocycles. The molecule has 0 saturated heterocycles. The quantitative estimate of drug-likeness (QED) is 0.466. The molecule has 0 bridgehead atoms. The van der Waals surface area contributed by atoms with Crippen LogP contribution in [-0.2, 0) is 19.5 Å². The second-order valence-electron chi connectivity index (χ2n) is 8.48. The lowest BCUT2D eigenvalue weighted by Crippen LogP contribution is -2.34. The smallest absolute Gasteiger partial charge is 0.275 e. The maximum absolute atomic E-state index is 14.6. The molecule has 6 rings (SSSR count). The van der Waals surface area contributed by atoms with Gasteiger partial charge in [-0.2, -0.15) is 0 Å². The Bertz CT molecular complexity index is 1490. The molecule has 178 valence electrons. The summed E-state index contributed by atoms with van der Waals surface area (Å²) in [6.07, 6.45) is 3.67. The van der Waals surface area contributed by atoms with E-state index in [0.29, 0.717) is 52.5 Å². The van der Waals surface area contributed by atoms with Gasteiger partial charge < -0.3 is 15.0 Å². The van der Waals surface area contributed by atoms with Crippen molar-refractivity contribution in [3.63, 3.8) is 0 Å². The van der Waals surface area contributed by atoms with Crippen LogP contribution in [-0.4, -0.2) is 45.0 Å². The van der Waals surface area contributed by atoms with Crippen LogP contribution in [0, 0.1) is 11.6 Å². The number of ether oxygens (including phenoxy) is 1. The van der Waals surface area contributed by atoms with E-state index in [9.17, 15) is 18.0 Å². The first-order chi connectivity index (χ1) is 17.0. The molecular formula is C25H20F3N5O2. The van der Waals surface area contributed by atoms with Crippen LogP contribution in [0.1, 0.15) is 27.2 Å². The predicted molar refractivity (Wildman–Crippen MR) is 122 cm³/mol. The molecule has 0 radical (unpaired) electrons. The van der Waals surface area contributed by atoms with Gasteiger partial charge in [-0.1, -0.05) is 6.07 Å². The lowest BCUT2D eigenvalue weighted by atomic mass is 9.97.